The molecule has 1 aliphatic rings. The number of nitrogens with zero attached hydrogens (tertiary/aromatic N) is 1. The minimum atomic E-state index is -5.39. The van der Waals surface area contributed by atoms with E-state index in [4.69, 9.17) is 19.3 Å². The lowest BCUT2D eigenvalue weighted by Gasteiger charge is -2.30. The van der Waals surface area contributed by atoms with E-state index in [0.29, 0.717) is 4.57 Å². The summed E-state index contributed by atoms with van der Waals surface area (Å²) in [5, 5.41) is 20.3. The highest BCUT2D eigenvalue weighted by Gasteiger charge is 2.57. The second-order valence-corrected chi connectivity index (χ2v) is 8.12. The number of aromatic nitrogens is 2. The number of hydrogen-bond acceptors (Lipinski definition) is 10. The van der Waals surface area contributed by atoms with E-state index in [1.54, 1.807) is 0 Å². The molecule has 15 nitrogen and oxygen atoms in total. The Bertz CT molecular complexity index is 892. The molecule has 154 valence electrons. The Morgan fingerprint density at radius 1 is 1.30 bits per heavy atom. The van der Waals surface area contributed by atoms with Crippen LogP contribution in [0.2, 0.25) is 0 Å². The fourth-order valence-corrected chi connectivity index (χ4v) is 3.89. The van der Waals surface area contributed by atoms with E-state index in [2.05, 4.69) is 8.83 Å². The molecule has 1 fully saturated rings. The minimum Gasteiger partial charge on any atom is -0.385 e. The molecule has 0 aromatic carbocycles. The summed E-state index contributed by atoms with van der Waals surface area (Å²) in [6.07, 6.45) is -4.41. The van der Waals surface area contributed by atoms with Crippen molar-refractivity contribution in [3.05, 3.63) is 33.1 Å². The van der Waals surface area contributed by atoms with Crippen molar-refractivity contribution in [1.29, 1.82) is 0 Å². The van der Waals surface area contributed by atoms with Gasteiger partial charge in [0.05, 0.1) is 0 Å². The summed E-state index contributed by atoms with van der Waals surface area (Å²) in [4.78, 5) is 51.3. The lowest BCUT2D eigenvalue weighted by Crippen LogP contribution is -2.48. The SMILES string of the molecule is CO[C@]1(COP(=O)(O)OP(=O)(O)O)O[C@@H](n2ccc(=O)[nH]c2=O)[C@H](O)[C@@H]1O. The van der Waals surface area contributed by atoms with Crippen LogP contribution >= 0.6 is 15.6 Å². The Morgan fingerprint density at radius 3 is 2.44 bits per heavy atom. The van der Waals surface area contributed by atoms with Crippen molar-refractivity contribution in [2.24, 2.45) is 0 Å². The molecule has 2 rings (SSSR count). The molecule has 1 aromatic rings. The smallest absolute Gasteiger partial charge is 0.385 e. The van der Waals surface area contributed by atoms with Crippen LogP contribution in [0, 0.1) is 0 Å². The number of aliphatic hydroxyl groups is 2. The summed E-state index contributed by atoms with van der Waals surface area (Å²) in [6, 6.07) is 0.933. The third-order valence-corrected chi connectivity index (χ3v) is 5.63. The molecule has 1 unspecified atom stereocenters. The Balaban J connectivity index is 2.26. The lowest BCUT2D eigenvalue weighted by molar-refractivity contribution is -0.267. The van der Waals surface area contributed by atoms with Crippen LogP contribution in [-0.2, 0) is 27.4 Å². The van der Waals surface area contributed by atoms with Gasteiger partial charge in [-0.15, -0.1) is 0 Å². The third-order valence-electron chi connectivity index (χ3n) is 3.50. The minimum absolute atomic E-state index is 0.709. The number of H-pyrrole nitrogens is 1. The van der Waals surface area contributed by atoms with Crippen molar-refractivity contribution >= 4 is 15.6 Å². The highest BCUT2D eigenvalue weighted by atomic mass is 31.3. The summed E-state index contributed by atoms with van der Waals surface area (Å²) in [6.45, 7) is -1.13. The number of methoxy groups -OCH3 is 1. The fourth-order valence-electron chi connectivity index (χ4n) is 2.29. The van der Waals surface area contributed by atoms with Gasteiger partial charge in [-0.2, -0.15) is 4.31 Å². The van der Waals surface area contributed by atoms with Gasteiger partial charge >= 0.3 is 21.3 Å². The van der Waals surface area contributed by atoms with Gasteiger partial charge < -0.3 is 34.4 Å². The second-order valence-electron chi connectivity index (χ2n) is 5.29. The van der Waals surface area contributed by atoms with E-state index in [1.807, 2.05) is 4.98 Å². The molecule has 0 amide bonds. The Hall–Kier alpha value is -1.22. The zero-order chi connectivity index (χ0) is 20.6. The van der Waals surface area contributed by atoms with Crippen molar-refractivity contribution in [2.75, 3.05) is 13.7 Å². The molecule has 2 heterocycles. The van der Waals surface area contributed by atoms with Crippen LogP contribution in [0.3, 0.4) is 0 Å². The number of rotatable bonds is 7. The Labute approximate surface area is 149 Å². The largest absolute Gasteiger partial charge is 0.481 e. The van der Waals surface area contributed by atoms with E-state index in [0.717, 1.165) is 19.4 Å². The molecular formula is C10H16N2O13P2. The number of hydrogen-bond donors (Lipinski definition) is 6. The van der Waals surface area contributed by atoms with Crippen LogP contribution in [0.1, 0.15) is 6.23 Å². The number of phosphoric acid groups is 2. The van der Waals surface area contributed by atoms with Crippen molar-refractivity contribution in [3.63, 3.8) is 0 Å². The summed E-state index contributed by atoms with van der Waals surface area (Å²) in [7, 11) is -9.73. The predicted molar refractivity (Wildman–Crippen MR) is 82.1 cm³/mol. The number of phosphoric ester groups is 1. The van der Waals surface area contributed by atoms with E-state index >= 15 is 0 Å². The van der Waals surface area contributed by atoms with Gasteiger partial charge in [-0.3, -0.25) is 18.9 Å². The zero-order valence-electron chi connectivity index (χ0n) is 13.4. The monoisotopic (exact) mass is 434 g/mol. The Kier molecular flexibility index (Phi) is 6.26. The molecule has 5 atom stereocenters. The average molecular weight is 434 g/mol. The van der Waals surface area contributed by atoms with Crippen LogP contribution in [0.4, 0.5) is 0 Å². The van der Waals surface area contributed by atoms with Gasteiger partial charge in [-0.25, -0.2) is 13.9 Å². The molecule has 27 heavy (non-hydrogen) atoms. The van der Waals surface area contributed by atoms with Gasteiger partial charge in [-0.05, 0) is 0 Å². The predicted octanol–water partition coefficient (Wildman–Crippen LogP) is -2.64. The molecular weight excluding hydrogens is 418 g/mol. The fraction of sp³-hybridized carbons (Fsp3) is 0.600. The molecule has 0 spiro atoms. The number of nitrogens with one attached hydrogen (secondary N) is 1. The van der Waals surface area contributed by atoms with Crippen molar-refractivity contribution in [2.45, 2.75) is 24.2 Å². The van der Waals surface area contributed by atoms with Crippen LogP contribution < -0.4 is 11.2 Å². The maximum Gasteiger partial charge on any atom is 0.481 e. The van der Waals surface area contributed by atoms with Gasteiger partial charge in [0.2, 0.25) is 5.79 Å². The molecule has 0 radical (unpaired) electrons. The van der Waals surface area contributed by atoms with Gasteiger partial charge in [0.25, 0.3) is 5.56 Å². The zero-order valence-corrected chi connectivity index (χ0v) is 15.2. The van der Waals surface area contributed by atoms with Crippen LogP contribution in [-0.4, -0.2) is 66.2 Å². The Morgan fingerprint density at radius 2 is 1.93 bits per heavy atom. The summed E-state index contributed by atoms with van der Waals surface area (Å²) in [5.41, 5.74) is -1.73. The van der Waals surface area contributed by atoms with Gasteiger partial charge in [0.15, 0.2) is 6.23 Å². The normalized spacial score (nSPS) is 31.0. The number of aromatic amines is 1. The van der Waals surface area contributed by atoms with E-state index in [-0.39, 0.29) is 0 Å². The van der Waals surface area contributed by atoms with E-state index < -0.39 is 57.7 Å². The quantitative estimate of drug-likeness (QED) is 0.241. The molecule has 1 aromatic heterocycles. The molecule has 17 heteroatoms. The topological polar surface area (TPSA) is 227 Å². The van der Waals surface area contributed by atoms with Gasteiger partial charge in [-0.1, -0.05) is 0 Å². The summed E-state index contributed by atoms with van der Waals surface area (Å²) >= 11 is 0. The maximum atomic E-state index is 11.8. The lowest BCUT2D eigenvalue weighted by atomic mass is 10.1. The second kappa shape index (κ2) is 7.66. The van der Waals surface area contributed by atoms with Gasteiger partial charge in [0.1, 0.15) is 18.8 Å². The standard InChI is InChI=1S/C10H16N2O13P2/c1-22-10(4-23-27(20,21)25-26(17,18)19)7(15)6(14)8(24-10)12-3-2-5(13)11-9(12)16/h2-3,6-8,14-15H,4H2,1H3,(H,20,21)(H,11,13,16)(H2,17,18,19)/t6-,7+,8-,10-/m1/s1. The molecule has 1 saturated heterocycles. The highest BCUT2D eigenvalue weighted by molar-refractivity contribution is 7.60. The number of ether oxygens (including phenoxy) is 2. The van der Waals surface area contributed by atoms with E-state index in [1.165, 1.54) is 0 Å². The van der Waals surface area contributed by atoms with Gasteiger partial charge in [0, 0.05) is 19.4 Å². The third kappa shape index (κ3) is 4.99. The maximum absolute atomic E-state index is 11.8. The first kappa shape index (κ1) is 22.1. The first-order valence-electron chi connectivity index (χ1n) is 6.95. The van der Waals surface area contributed by atoms with Crippen LogP contribution in [0.25, 0.3) is 0 Å². The highest BCUT2D eigenvalue weighted by Crippen LogP contribution is 2.58. The first-order valence-corrected chi connectivity index (χ1v) is 9.98. The number of aliphatic hydroxyl groups excluding tert-OH is 2. The molecule has 0 bridgehead atoms. The van der Waals surface area contributed by atoms with Crippen LogP contribution in [0.5, 0.6) is 0 Å². The van der Waals surface area contributed by atoms with Crippen molar-refractivity contribution in [3.8, 4) is 0 Å². The van der Waals surface area contributed by atoms with E-state index in [9.17, 15) is 33.8 Å². The average Bonchev–Trinajstić information content (AvgIpc) is 2.76. The van der Waals surface area contributed by atoms with Crippen molar-refractivity contribution < 1.29 is 52.3 Å². The van der Waals surface area contributed by atoms with Crippen molar-refractivity contribution in [1.82, 2.24) is 9.55 Å². The first-order chi connectivity index (χ1) is 12.3. The molecule has 6 N–H and O–H groups in total. The summed E-state index contributed by atoms with van der Waals surface area (Å²) in [5.74, 6) is -2.32. The summed E-state index contributed by atoms with van der Waals surface area (Å²) < 4.78 is 41.0. The molecule has 0 saturated carbocycles. The molecule has 1 aliphatic heterocycles. The molecule has 0 aliphatic carbocycles. The van der Waals surface area contributed by atoms with Crippen LogP contribution in [0.15, 0.2) is 21.9 Å².